The van der Waals surface area contributed by atoms with Crippen LogP contribution in [0.5, 0.6) is 0 Å². The van der Waals surface area contributed by atoms with E-state index in [0.29, 0.717) is 11.3 Å². The number of nitriles is 2. The number of benzene rings is 1. The Hall–Kier alpha value is -3.26. The van der Waals surface area contributed by atoms with Gasteiger partial charge in [-0.2, -0.15) is 10.5 Å². The molecule has 0 aromatic heterocycles. The van der Waals surface area contributed by atoms with Gasteiger partial charge in [-0.3, -0.25) is 0 Å². The van der Waals surface area contributed by atoms with E-state index in [1.54, 1.807) is 45.0 Å². The fourth-order valence-corrected chi connectivity index (χ4v) is 3.47. The minimum Gasteiger partial charge on any atom is -0.450 e. The second-order valence-corrected chi connectivity index (χ2v) is 6.04. The molecular weight excluding hydrogens is 348 g/mol. The second-order valence-electron chi connectivity index (χ2n) is 6.04. The SMILES string of the molecule is CCOC(=O)N1c2ccccc2C(C#N)(CC)N(C(=O)OCC)C1(C)C#N. The fraction of sp³-hybridized carbons (Fsp3) is 0.474. The molecule has 0 spiro atoms. The minimum absolute atomic E-state index is 0.0586. The number of hydrogen-bond acceptors (Lipinski definition) is 6. The second kappa shape index (κ2) is 7.55. The molecule has 1 aliphatic heterocycles. The van der Waals surface area contributed by atoms with E-state index in [9.17, 15) is 20.1 Å². The summed E-state index contributed by atoms with van der Waals surface area (Å²) in [6.07, 6.45) is -1.44. The summed E-state index contributed by atoms with van der Waals surface area (Å²) in [6, 6.07) is 10.9. The van der Waals surface area contributed by atoms with Gasteiger partial charge in [0.15, 0.2) is 5.54 Å². The van der Waals surface area contributed by atoms with Crippen molar-refractivity contribution in [3.05, 3.63) is 29.8 Å². The van der Waals surface area contributed by atoms with Crippen LogP contribution in [0.4, 0.5) is 15.3 Å². The zero-order chi connectivity index (χ0) is 20.2. The molecule has 0 bridgehead atoms. The van der Waals surface area contributed by atoms with Gasteiger partial charge in [0.2, 0.25) is 5.66 Å². The smallest absolute Gasteiger partial charge is 0.417 e. The third kappa shape index (κ3) is 2.83. The molecule has 1 aromatic carbocycles. The highest BCUT2D eigenvalue weighted by molar-refractivity contribution is 5.94. The van der Waals surface area contributed by atoms with Gasteiger partial charge in [0.05, 0.1) is 25.0 Å². The van der Waals surface area contributed by atoms with Crippen LogP contribution in [0.25, 0.3) is 0 Å². The van der Waals surface area contributed by atoms with Crippen LogP contribution in [0.15, 0.2) is 24.3 Å². The highest BCUT2D eigenvalue weighted by Crippen LogP contribution is 2.49. The molecule has 1 heterocycles. The molecule has 142 valence electrons. The fourth-order valence-electron chi connectivity index (χ4n) is 3.47. The predicted octanol–water partition coefficient (Wildman–Crippen LogP) is 3.49. The van der Waals surface area contributed by atoms with E-state index in [2.05, 4.69) is 6.07 Å². The van der Waals surface area contributed by atoms with E-state index >= 15 is 0 Å². The molecule has 2 unspecified atom stereocenters. The van der Waals surface area contributed by atoms with Crippen molar-refractivity contribution in [2.24, 2.45) is 0 Å². The molecule has 0 N–H and O–H groups in total. The maximum Gasteiger partial charge on any atom is 0.417 e. The van der Waals surface area contributed by atoms with Crippen LogP contribution >= 0.6 is 0 Å². The van der Waals surface area contributed by atoms with Gasteiger partial charge in [0, 0.05) is 5.56 Å². The Labute approximate surface area is 158 Å². The van der Waals surface area contributed by atoms with Crippen LogP contribution in [-0.4, -0.2) is 36.0 Å². The van der Waals surface area contributed by atoms with Crippen LogP contribution in [0.2, 0.25) is 0 Å². The van der Waals surface area contributed by atoms with Crippen LogP contribution in [0.1, 0.15) is 39.7 Å². The maximum absolute atomic E-state index is 12.9. The Balaban J connectivity index is 2.90. The molecule has 8 heteroatoms. The number of hydrogen-bond donors (Lipinski definition) is 0. The lowest BCUT2D eigenvalue weighted by atomic mass is 9.80. The Bertz CT molecular complexity index is 828. The van der Waals surface area contributed by atoms with E-state index in [1.165, 1.54) is 6.92 Å². The summed E-state index contributed by atoms with van der Waals surface area (Å²) in [7, 11) is 0. The van der Waals surface area contributed by atoms with Crippen molar-refractivity contribution in [1.29, 1.82) is 10.5 Å². The van der Waals surface area contributed by atoms with Crippen LogP contribution in [-0.2, 0) is 15.0 Å². The molecule has 0 aliphatic carbocycles. The lowest BCUT2D eigenvalue weighted by Crippen LogP contribution is -2.71. The molecule has 0 radical (unpaired) electrons. The number of fused-ring (bicyclic) bond motifs is 1. The van der Waals surface area contributed by atoms with Crippen LogP contribution < -0.4 is 4.90 Å². The van der Waals surface area contributed by atoms with Crippen molar-refractivity contribution in [2.45, 2.75) is 45.3 Å². The number of ether oxygens (including phenoxy) is 2. The van der Waals surface area contributed by atoms with E-state index in [-0.39, 0.29) is 19.6 Å². The first-order valence-corrected chi connectivity index (χ1v) is 8.73. The zero-order valence-corrected chi connectivity index (χ0v) is 15.9. The summed E-state index contributed by atoms with van der Waals surface area (Å²) in [5, 5.41) is 20.1. The van der Waals surface area contributed by atoms with Crippen molar-refractivity contribution in [1.82, 2.24) is 4.90 Å². The molecule has 0 fully saturated rings. The Morgan fingerprint density at radius 1 is 1.04 bits per heavy atom. The van der Waals surface area contributed by atoms with Crippen molar-refractivity contribution < 1.29 is 19.1 Å². The van der Waals surface area contributed by atoms with Crippen molar-refractivity contribution in [3.63, 3.8) is 0 Å². The minimum atomic E-state index is -1.82. The highest BCUT2D eigenvalue weighted by atomic mass is 16.6. The van der Waals surface area contributed by atoms with Gasteiger partial charge in [-0.1, -0.05) is 25.1 Å². The van der Waals surface area contributed by atoms with Crippen LogP contribution in [0.3, 0.4) is 0 Å². The number of anilines is 1. The topological polar surface area (TPSA) is 107 Å². The lowest BCUT2D eigenvalue weighted by Gasteiger charge is -2.53. The van der Waals surface area contributed by atoms with Gasteiger partial charge >= 0.3 is 12.2 Å². The number of carbonyl (C=O) groups excluding carboxylic acids is 2. The highest BCUT2D eigenvalue weighted by Gasteiger charge is 2.61. The molecule has 2 atom stereocenters. The predicted molar refractivity (Wildman–Crippen MR) is 96.4 cm³/mol. The van der Waals surface area contributed by atoms with Gasteiger partial charge in [-0.15, -0.1) is 0 Å². The Morgan fingerprint density at radius 2 is 1.63 bits per heavy atom. The first-order valence-electron chi connectivity index (χ1n) is 8.73. The monoisotopic (exact) mass is 370 g/mol. The molecular formula is C19H22N4O4. The normalized spacial score (nSPS) is 23.6. The molecule has 27 heavy (non-hydrogen) atoms. The van der Waals surface area contributed by atoms with Gasteiger partial charge in [-0.25, -0.2) is 19.4 Å². The zero-order valence-electron chi connectivity index (χ0n) is 15.9. The summed E-state index contributed by atoms with van der Waals surface area (Å²) >= 11 is 0. The number of para-hydroxylation sites is 1. The number of nitrogens with zero attached hydrogens (tertiary/aromatic N) is 4. The summed E-state index contributed by atoms with van der Waals surface area (Å²) < 4.78 is 10.3. The standard InChI is InChI=1S/C19H22N4O4/c1-5-19(13-21)14-10-8-9-11-15(14)22(16(24)26-6-2)18(4,12-20)23(19)17(25)27-7-3/h8-11H,5-7H2,1-4H3. The van der Waals surface area contributed by atoms with E-state index < -0.39 is 23.4 Å². The first-order chi connectivity index (χ1) is 12.9. The maximum atomic E-state index is 12.9. The number of rotatable bonds is 3. The van der Waals surface area contributed by atoms with E-state index in [0.717, 1.165) is 9.80 Å². The van der Waals surface area contributed by atoms with Crippen molar-refractivity contribution >= 4 is 17.9 Å². The molecule has 8 nitrogen and oxygen atoms in total. The summed E-state index contributed by atoms with van der Waals surface area (Å²) in [4.78, 5) is 27.8. The largest absolute Gasteiger partial charge is 0.450 e. The molecule has 1 aromatic rings. The van der Waals surface area contributed by atoms with E-state index in [1.807, 2.05) is 6.07 Å². The summed E-state index contributed by atoms with van der Waals surface area (Å²) in [5.74, 6) is 0. The van der Waals surface area contributed by atoms with Crippen LogP contribution in [0, 0.1) is 22.7 Å². The van der Waals surface area contributed by atoms with Crippen molar-refractivity contribution in [3.8, 4) is 12.1 Å². The Kier molecular flexibility index (Phi) is 5.61. The van der Waals surface area contributed by atoms with E-state index in [4.69, 9.17) is 9.47 Å². The number of carbonyl (C=O) groups is 2. The third-order valence-electron chi connectivity index (χ3n) is 4.65. The average Bonchev–Trinajstić information content (AvgIpc) is 2.67. The Morgan fingerprint density at radius 3 is 2.15 bits per heavy atom. The van der Waals surface area contributed by atoms with Crippen molar-refractivity contribution in [2.75, 3.05) is 18.1 Å². The molecule has 2 rings (SSSR count). The summed E-state index contributed by atoms with van der Waals surface area (Å²) in [5.41, 5.74) is -2.51. The lowest BCUT2D eigenvalue weighted by molar-refractivity contribution is 0.0173. The quantitative estimate of drug-likeness (QED) is 0.806. The number of amides is 2. The molecule has 2 amide bonds. The van der Waals surface area contributed by atoms with Gasteiger partial charge in [0.25, 0.3) is 0 Å². The van der Waals surface area contributed by atoms with Gasteiger partial charge < -0.3 is 9.47 Å². The third-order valence-corrected chi connectivity index (χ3v) is 4.65. The first kappa shape index (κ1) is 20.1. The average molecular weight is 370 g/mol. The molecule has 0 saturated carbocycles. The van der Waals surface area contributed by atoms with Gasteiger partial charge in [0.1, 0.15) is 6.07 Å². The molecule has 0 saturated heterocycles. The van der Waals surface area contributed by atoms with Gasteiger partial charge in [-0.05, 0) is 33.3 Å². The molecule has 1 aliphatic rings. The summed E-state index contributed by atoms with van der Waals surface area (Å²) in [6.45, 7) is 6.57.